The standard InChI is InChI=1S/C16H22N4O/c1-12-17-16(19-18-12)15-10-20(9-14(15)11-21-2)8-13-6-4-3-5-7-13/h3-7,14-15H,8-11H2,1-2H3,(H,17,18,19)/t14-,15+/m0/s1. The molecule has 0 spiro atoms. The summed E-state index contributed by atoms with van der Waals surface area (Å²) in [5, 5.41) is 7.31. The second kappa shape index (κ2) is 6.37. The summed E-state index contributed by atoms with van der Waals surface area (Å²) in [6.45, 7) is 5.68. The Morgan fingerprint density at radius 3 is 2.76 bits per heavy atom. The van der Waals surface area contributed by atoms with Crippen molar-refractivity contribution in [1.82, 2.24) is 20.1 Å². The number of ether oxygens (including phenoxy) is 1. The summed E-state index contributed by atoms with van der Waals surface area (Å²) in [5.41, 5.74) is 1.35. The molecule has 0 saturated carbocycles. The van der Waals surface area contributed by atoms with Gasteiger partial charge in [0.05, 0.1) is 6.61 Å². The number of hydrogen-bond donors (Lipinski definition) is 1. The van der Waals surface area contributed by atoms with Crippen molar-refractivity contribution in [3.63, 3.8) is 0 Å². The lowest BCUT2D eigenvalue weighted by atomic mass is 9.96. The third kappa shape index (κ3) is 3.31. The highest BCUT2D eigenvalue weighted by Crippen LogP contribution is 2.31. The average Bonchev–Trinajstić information content (AvgIpc) is 3.07. The molecule has 0 radical (unpaired) electrons. The molecule has 0 aliphatic carbocycles. The quantitative estimate of drug-likeness (QED) is 0.913. The van der Waals surface area contributed by atoms with E-state index in [0.717, 1.165) is 37.9 Å². The normalized spacial score (nSPS) is 22.8. The number of aromatic amines is 1. The molecule has 5 nitrogen and oxygen atoms in total. The lowest BCUT2D eigenvalue weighted by molar-refractivity contribution is 0.146. The Hall–Kier alpha value is -1.72. The topological polar surface area (TPSA) is 54.0 Å². The van der Waals surface area contributed by atoms with Gasteiger partial charge in [0.1, 0.15) is 5.82 Å². The molecule has 1 N–H and O–H groups in total. The molecule has 0 bridgehead atoms. The van der Waals surface area contributed by atoms with Crippen molar-refractivity contribution in [2.45, 2.75) is 19.4 Å². The largest absolute Gasteiger partial charge is 0.384 e. The van der Waals surface area contributed by atoms with Crippen LogP contribution < -0.4 is 0 Å². The van der Waals surface area contributed by atoms with Crippen molar-refractivity contribution >= 4 is 0 Å². The first-order valence-corrected chi connectivity index (χ1v) is 7.40. The van der Waals surface area contributed by atoms with Crippen LogP contribution >= 0.6 is 0 Å². The number of aryl methyl sites for hydroxylation is 1. The number of likely N-dealkylation sites (tertiary alicyclic amines) is 1. The van der Waals surface area contributed by atoms with Crippen LogP contribution in [-0.4, -0.2) is 46.9 Å². The predicted molar refractivity (Wildman–Crippen MR) is 80.9 cm³/mol. The van der Waals surface area contributed by atoms with Gasteiger partial charge in [-0.15, -0.1) is 0 Å². The molecule has 1 aromatic carbocycles. The van der Waals surface area contributed by atoms with E-state index in [-0.39, 0.29) is 0 Å². The molecule has 1 aromatic heterocycles. The van der Waals surface area contributed by atoms with Gasteiger partial charge in [0.2, 0.25) is 0 Å². The smallest absolute Gasteiger partial charge is 0.155 e. The van der Waals surface area contributed by atoms with E-state index in [1.165, 1.54) is 5.56 Å². The average molecular weight is 286 g/mol. The highest BCUT2D eigenvalue weighted by Gasteiger charge is 2.36. The van der Waals surface area contributed by atoms with Crippen molar-refractivity contribution in [1.29, 1.82) is 0 Å². The summed E-state index contributed by atoms with van der Waals surface area (Å²) >= 11 is 0. The van der Waals surface area contributed by atoms with E-state index >= 15 is 0 Å². The van der Waals surface area contributed by atoms with Gasteiger partial charge in [-0.25, -0.2) is 4.98 Å². The van der Waals surface area contributed by atoms with Crippen LogP contribution in [0.25, 0.3) is 0 Å². The Morgan fingerprint density at radius 2 is 2.10 bits per heavy atom. The minimum absolute atomic E-state index is 0.346. The Balaban J connectivity index is 1.71. The zero-order chi connectivity index (χ0) is 14.7. The van der Waals surface area contributed by atoms with Gasteiger partial charge in [-0.3, -0.25) is 10.00 Å². The molecule has 2 atom stereocenters. The summed E-state index contributed by atoms with van der Waals surface area (Å²) < 4.78 is 5.39. The summed E-state index contributed by atoms with van der Waals surface area (Å²) in [6.07, 6.45) is 0. The molecule has 5 heteroatoms. The lowest BCUT2D eigenvalue weighted by Gasteiger charge is -2.15. The molecule has 1 aliphatic heterocycles. The van der Waals surface area contributed by atoms with E-state index < -0.39 is 0 Å². The first-order valence-electron chi connectivity index (χ1n) is 7.40. The zero-order valence-electron chi connectivity index (χ0n) is 12.6. The van der Waals surface area contributed by atoms with Crippen LogP contribution in [0.2, 0.25) is 0 Å². The third-order valence-corrected chi connectivity index (χ3v) is 4.09. The summed E-state index contributed by atoms with van der Waals surface area (Å²) in [4.78, 5) is 6.99. The molecule has 3 rings (SSSR count). The first-order chi connectivity index (χ1) is 10.3. The number of hydrogen-bond acceptors (Lipinski definition) is 4. The third-order valence-electron chi connectivity index (χ3n) is 4.09. The SMILES string of the molecule is COC[C@@H]1CN(Cc2ccccc2)C[C@H]1c1n[nH]c(C)n1. The molecule has 21 heavy (non-hydrogen) atoms. The van der Waals surface area contributed by atoms with Crippen LogP contribution in [0.15, 0.2) is 30.3 Å². The summed E-state index contributed by atoms with van der Waals surface area (Å²) in [6, 6.07) is 10.6. The number of methoxy groups -OCH3 is 1. The number of aromatic nitrogens is 3. The van der Waals surface area contributed by atoms with Crippen LogP contribution in [0.5, 0.6) is 0 Å². The molecule has 1 saturated heterocycles. The van der Waals surface area contributed by atoms with Gasteiger partial charge in [-0.05, 0) is 12.5 Å². The van der Waals surface area contributed by atoms with Crippen LogP contribution in [-0.2, 0) is 11.3 Å². The van der Waals surface area contributed by atoms with Crippen molar-refractivity contribution in [3.05, 3.63) is 47.5 Å². The van der Waals surface area contributed by atoms with Crippen molar-refractivity contribution in [2.24, 2.45) is 5.92 Å². The lowest BCUT2D eigenvalue weighted by Crippen LogP contribution is -2.21. The van der Waals surface area contributed by atoms with Gasteiger partial charge in [-0.1, -0.05) is 30.3 Å². The van der Waals surface area contributed by atoms with E-state index in [2.05, 4.69) is 50.4 Å². The molecule has 112 valence electrons. The van der Waals surface area contributed by atoms with Crippen LogP contribution in [0.1, 0.15) is 23.1 Å². The van der Waals surface area contributed by atoms with Gasteiger partial charge in [0.15, 0.2) is 5.82 Å². The number of H-pyrrole nitrogens is 1. The van der Waals surface area contributed by atoms with Crippen LogP contribution in [0.4, 0.5) is 0 Å². The number of nitrogens with zero attached hydrogens (tertiary/aromatic N) is 3. The molecular formula is C16H22N4O. The van der Waals surface area contributed by atoms with Crippen LogP contribution in [0.3, 0.4) is 0 Å². The van der Waals surface area contributed by atoms with E-state index in [4.69, 9.17) is 4.74 Å². The predicted octanol–water partition coefficient (Wildman–Crippen LogP) is 1.98. The maximum atomic E-state index is 5.39. The minimum atomic E-state index is 0.346. The second-order valence-electron chi connectivity index (χ2n) is 5.78. The fraction of sp³-hybridized carbons (Fsp3) is 0.500. The van der Waals surface area contributed by atoms with Gasteiger partial charge in [0.25, 0.3) is 0 Å². The van der Waals surface area contributed by atoms with Crippen molar-refractivity contribution in [3.8, 4) is 0 Å². The maximum absolute atomic E-state index is 5.39. The number of rotatable bonds is 5. The van der Waals surface area contributed by atoms with Gasteiger partial charge in [-0.2, -0.15) is 5.10 Å². The molecule has 0 unspecified atom stereocenters. The molecule has 1 fully saturated rings. The van der Waals surface area contributed by atoms with Crippen molar-refractivity contribution in [2.75, 3.05) is 26.8 Å². The maximum Gasteiger partial charge on any atom is 0.155 e. The van der Waals surface area contributed by atoms with E-state index in [9.17, 15) is 0 Å². The van der Waals surface area contributed by atoms with E-state index in [1.807, 2.05) is 6.92 Å². The molecule has 0 amide bonds. The fourth-order valence-corrected chi connectivity index (χ4v) is 3.13. The number of nitrogens with one attached hydrogen (secondary N) is 1. The summed E-state index contributed by atoms with van der Waals surface area (Å²) in [7, 11) is 1.76. The zero-order valence-corrected chi connectivity index (χ0v) is 12.6. The fourth-order valence-electron chi connectivity index (χ4n) is 3.13. The highest BCUT2D eigenvalue weighted by atomic mass is 16.5. The van der Waals surface area contributed by atoms with Gasteiger partial charge < -0.3 is 4.74 Å². The molecule has 1 aliphatic rings. The van der Waals surface area contributed by atoms with Gasteiger partial charge >= 0.3 is 0 Å². The molecular weight excluding hydrogens is 264 g/mol. The second-order valence-corrected chi connectivity index (χ2v) is 5.78. The Labute approximate surface area is 125 Å². The first kappa shape index (κ1) is 14.2. The highest BCUT2D eigenvalue weighted by molar-refractivity contribution is 5.15. The number of benzene rings is 1. The Morgan fingerprint density at radius 1 is 1.29 bits per heavy atom. The van der Waals surface area contributed by atoms with E-state index in [1.54, 1.807) is 7.11 Å². The van der Waals surface area contributed by atoms with Crippen LogP contribution in [0, 0.1) is 12.8 Å². The Kier molecular flexibility index (Phi) is 4.31. The van der Waals surface area contributed by atoms with Gasteiger partial charge in [0, 0.05) is 38.6 Å². The minimum Gasteiger partial charge on any atom is -0.384 e. The monoisotopic (exact) mass is 286 g/mol. The molecule has 2 heterocycles. The summed E-state index contributed by atoms with van der Waals surface area (Å²) in [5.74, 6) is 2.60. The molecule has 2 aromatic rings. The Bertz CT molecular complexity index is 569. The van der Waals surface area contributed by atoms with E-state index in [0.29, 0.717) is 11.8 Å². The van der Waals surface area contributed by atoms with Crippen molar-refractivity contribution < 1.29 is 4.74 Å².